The van der Waals surface area contributed by atoms with E-state index >= 15 is 0 Å². The van der Waals surface area contributed by atoms with Crippen LogP contribution in [0.1, 0.15) is 39.6 Å². The van der Waals surface area contributed by atoms with Crippen LogP contribution >= 0.6 is 11.3 Å². The molecule has 1 aromatic carbocycles. The Morgan fingerprint density at radius 2 is 2.23 bits per heavy atom. The molecule has 1 aliphatic rings. The predicted molar refractivity (Wildman–Crippen MR) is 115 cm³/mol. The average molecular weight is 429 g/mol. The van der Waals surface area contributed by atoms with E-state index in [2.05, 4.69) is 20.2 Å². The van der Waals surface area contributed by atoms with Gasteiger partial charge < -0.3 is 10.1 Å². The first-order valence-corrected chi connectivity index (χ1v) is 10.9. The summed E-state index contributed by atoms with van der Waals surface area (Å²) in [6.45, 7) is 3.37. The van der Waals surface area contributed by atoms with Crippen LogP contribution in [0.3, 0.4) is 0 Å². The Balaban J connectivity index is 1.59. The van der Waals surface area contributed by atoms with Crippen molar-refractivity contribution in [3.05, 3.63) is 58.5 Å². The fourth-order valence-corrected chi connectivity index (χ4v) is 5.17. The summed E-state index contributed by atoms with van der Waals surface area (Å²) in [4.78, 5) is 25.7. The van der Waals surface area contributed by atoms with Crippen molar-refractivity contribution in [1.82, 2.24) is 20.2 Å². The minimum atomic E-state index is -0.213. The maximum absolute atomic E-state index is 13.6. The van der Waals surface area contributed by atoms with E-state index in [9.17, 15) is 9.18 Å². The van der Waals surface area contributed by atoms with Crippen LogP contribution in [0.5, 0.6) is 0 Å². The second kappa shape index (κ2) is 9.59. The van der Waals surface area contributed by atoms with E-state index in [1.807, 2.05) is 6.07 Å². The molecule has 0 aliphatic carbocycles. The lowest BCUT2D eigenvalue weighted by atomic mass is 9.89. The third-order valence-electron chi connectivity index (χ3n) is 5.37. The number of nitrogens with one attached hydrogen (secondary N) is 1. The number of likely N-dealkylation sites (tertiary alicyclic amines) is 1. The van der Waals surface area contributed by atoms with Gasteiger partial charge in [-0.3, -0.25) is 14.7 Å². The highest BCUT2D eigenvalue weighted by atomic mass is 32.1. The molecule has 0 spiro atoms. The van der Waals surface area contributed by atoms with Crippen molar-refractivity contribution in [3.63, 3.8) is 0 Å². The molecule has 1 saturated heterocycles. The highest BCUT2D eigenvalue weighted by Crippen LogP contribution is 2.38. The third kappa shape index (κ3) is 4.66. The second-order valence-corrected chi connectivity index (χ2v) is 8.51. The minimum Gasteiger partial charge on any atom is -0.383 e. The number of ether oxygens (including phenoxy) is 1. The molecule has 0 saturated carbocycles. The summed E-state index contributed by atoms with van der Waals surface area (Å²) < 4.78 is 18.6. The third-order valence-corrected chi connectivity index (χ3v) is 6.47. The fourth-order valence-electron chi connectivity index (χ4n) is 4.07. The van der Waals surface area contributed by atoms with Gasteiger partial charge in [-0.25, -0.2) is 9.37 Å². The predicted octanol–water partition coefficient (Wildman–Crippen LogP) is 3.59. The lowest BCUT2D eigenvalue weighted by Gasteiger charge is -2.33. The molecule has 3 heterocycles. The minimum absolute atomic E-state index is 0.103. The first kappa shape index (κ1) is 20.8. The molecule has 1 amide bonds. The lowest BCUT2D eigenvalue weighted by Crippen LogP contribution is -2.35. The molecular formula is C22H25FN4O2S. The number of carbonyl (C=O) groups excluding carboxylic acids is 1. The van der Waals surface area contributed by atoms with E-state index in [0.29, 0.717) is 24.6 Å². The van der Waals surface area contributed by atoms with E-state index < -0.39 is 0 Å². The van der Waals surface area contributed by atoms with Crippen molar-refractivity contribution in [2.75, 3.05) is 33.4 Å². The van der Waals surface area contributed by atoms with Crippen LogP contribution in [0.4, 0.5) is 4.39 Å². The number of amides is 1. The van der Waals surface area contributed by atoms with Gasteiger partial charge in [-0.05, 0) is 37.1 Å². The first-order chi connectivity index (χ1) is 14.7. The van der Waals surface area contributed by atoms with Crippen molar-refractivity contribution < 1.29 is 13.9 Å². The van der Waals surface area contributed by atoms with Gasteiger partial charge in [-0.2, -0.15) is 0 Å². The molecule has 8 heteroatoms. The van der Waals surface area contributed by atoms with E-state index in [1.165, 1.54) is 17.4 Å². The summed E-state index contributed by atoms with van der Waals surface area (Å²) in [7, 11) is 1.61. The number of fused-ring (bicyclic) bond motifs is 1. The number of aromatic nitrogens is 2. The van der Waals surface area contributed by atoms with Crippen LogP contribution in [-0.2, 0) is 11.3 Å². The van der Waals surface area contributed by atoms with Crippen molar-refractivity contribution >= 4 is 27.6 Å². The molecule has 2 aromatic heterocycles. The molecular weight excluding hydrogens is 403 g/mol. The number of thiophene rings is 1. The molecule has 1 fully saturated rings. The molecule has 30 heavy (non-hydrogen) atoms. The van der Waals surface area contributed by atoms with Crippen molar-refractivity contribution in [1.29, 1.82) is 0 Å². The quantitative estimate of drug-likeness (QED) is 0.583. The average Bonchev–Trinajstić information content (AvgIpc) is 3.14. The smallest absolute Gasteiger partial charge is 0.261 e. The molecule has 0 unspecified atom stereocenters. The van der Waals surface area contributed by atoms with Crippen LogP contribution < -0.4 is 5.32 Å². The molecule has 0 bridgehead atoms. The van der Waals surface area contributed by atoms with Gasteiger partial charge in [0.25, 0.3) is 5.91 Å². The molecule has 3 aromatic rings. The van der Waals surface area contributed by atoms with Crippen molar-refractivity contribution in [3.8, 4) is 0 Å². The number of hydrogen-bond acceptors (Lipinski definition) is 6. The molecule has 0 radical (unpaired) electrons. The summed E-state index contributed by atoms with van der Waals surface area (Å²) in [6.07, 6.45) is 5.34. The normalized spacial score (nSPS) is 17.3. The van der Waals surface area contributed by atoms with Crippen molar-refractivity contribution in [2.45, 2.75) is 25.3 Å². The largest absolute Gasteiger partial charge is 0.383 e. The topological polar surface area (TPSA) is 67.3 Å². The monoisotopic (exact) mass is 428 g/mol. The molecule has 6 nitrogen and oxygen atoms in total. The number of benzene rings is 1. The second-order valence-electron chi connectivity index (χ2n) is 7.51. The van der Waals surface area contributed by atoms with Crippen LogP contribution in [0.2, 0.25) is 0 Å². The summed E-state index contributed by atoms with van der Waals surface area (Å²) in [5.41, 5.74) is 2.77. The first-order valence-electron chi connectivity index (χ1n) is 10.1. The lowest BCUT2D eigenvalue weighted by molar-refractivity contribution is 0.0939. The van der Waals surface area contributed by atoms with Gasteiger partial charge in [0.05, 0.1) is 11.5 Å². The van der Waals surface area contributed by atoms with Crippen LogP contribution in [-0.4, -0.2) is 54.1 Å². The summed E-state index contributed by atoms with van der Waals surface area (Å²) in [6, 6.07) is 6.75. The number of carbonyl (C=O) groups is 1. The van der Waals surface area contributed by atoms with E-state index in [1.54, 1.807) is 31.6 Å². The molecule has 1 aliphatic heterocycles. The summed E-state index contributed by atoms with van der Waals surface area (Å²) in [5, 5.41) is 2.93. The van der Waals surface area contributed by atoms with Crippen molar-refractivity contribution in [2.24, 2.45) is 0 Å². The Morgan fingerprint density at radius 3 is 3.07 bits per heavy atom. The van der Waals surface area contributed by atoms with Gasteiger partial charge in [0.15, 0.2) is 0 Å². The summed E-state index contributed by atoms with van der Waals surface area (Å²) >= 11 is 1.40. The standard InChI is InChI=1S/C22H25FN4O2S/c1-29-11-9-25-21(28)20-18(19-22(30-20)26-8-7-24-19)16-5-3-10-27(14-16)13-15-4-2-6-17(23)12-15/h2,4,6-8,12,16H,3,5,9-11,13-14H2,1H3,(H,25,28)/t16-/m0/s1. The van der Waals surface area contributed by atoms with Gasteiger partial charge in [-0.15, -0.1) is 11.3 Å². The zero-order valence-electron chi connectivity index (χ0n) is 16.9. The maximum atomic E-state index is 13.6. The van der Waals surface area contributed by atoms with E-state index in [-0.39, 0.29) is 17.6 Å². The Morgan fingerprint density at radius 1 is 1.37 bits per heavy atom. The zero-order chi connectivity index (χ0) is 20.9. The summed E-state index contributed by atoms with van der Waals surface area (Å²) in [5.74, 6) is -0.134. The maximum Gasteiger partial charge on any atom is 0.261 e. The number of hydrogen-bond donors (Lipinski definition) is 1. The van der Waals surface area contributed by atoms with E-state index in [0.717, 1.165) is 47.4 Å². The molecule has 158 valence electrons. The Hall–Kier alpha value is -2.42. The van der Waals surface area contributed by atoms with Gasteiger partial charge in [-0.1, -0.05) is 12.1 Å². The van der Waals surface area contributed by atoms with Gasteiger partial charge in [0.1, 0.15) is 16.2 Å². The number of halogens is 1. The highest BCUT2D eigenvalue weighted by Gasteiger charge is 2.30. The number of piperidine rings is 1. The van der Waals surface area contributed by atoms with Gasteiger partial charge >= 0.3 is 0 Å². The Labute approximate surface area is 179 Å². The Kier molecular flexibility index (Phi) is 6.66. The highest BCUT2D eigenvalue weighted by molar-refractivity contribution is 7.20. The van der Waals surface area contributed by atoms with Crippen LogP contribution in [0.15, 0.2) is 36.7 Å². The fraction of sp³-hybridized carbons (Fsp3) is 0.409. The van der Waals surface area contributed by atoms with Gasteiger partial charge in [0, 0.05) is 50.6 Å². The number of methoxy groups -OCH3 is 1. The molecule has 1 atom stereocenters. The Bertz CT molecular complexity index is 1030. The SMILES string of the molecule is COCCNC(=O)c1sc2nccnc2c1[C@H]1CCCN(Cc2cccc(F)c2)C1. The molecule has 1 N–H and O–H groups in total. The molecule has 4 rings (SSSR count). The number of nitrogens with zero attached hydrogens (tertiary/aromatic N) is 3. The number of rotatable bonds is 7. The van der Waals surface area contributed by atoms with E-state index in [4.69, 9.17) is 4.74 Å². The zero-order valence-corrected chi connectivity index (χ0v) is 17.8. The van der Waals surface area contributed by atoms with Gasteiger partial charge in [0.2, 0.25) is 0 Å². The van der Waals surface area contributed by atoms with Crippen LogP contribution in [0, 0.1) is 5.82 Å². The van der Waals surface area contributed by atoms with Crippen LogP contribution in [0.25, 0.3) is 10.3 Å².